The lowest BCUT2D eigenvalue weighted by atomic mass is 10.1. The fraction of sp³-hybridized carbons (Fsp3) is 0.556. The highest BCUT2D eigenvalue weighted by molar-refractivity contribution is 5.37. The molecule has 0 N–H and O–H groups in total. The molecule has 1 aliphatic rings. The molecule has 3 rings (SSSR count). The van der Waals surface area contributed by atoms with Gasteiger partial charge in [-0.15, -0.1) is 0 Å². The molecule has 6 heteroatoms. The highest BCUT2D eigenvalue weighted by Crippen LogP contribution is 2.23. The molecule has 0 radical (unpaired) electrons. The van der Waals surface area contributed by atoms with Crippen LogP contribution in [-0.2, 0) is 11.3 Å². The number of hydrogen-bond acceptors (Lipinski definition) is 5. The van der Waals surface area contributed by atoms with Gasteiger partial charge < -0.3 is 9.64 Å². The summed E-state index contributed by atoms with van der Waals surface area (Å²) in [5.41, 5.74) is 2.25. The highest BCUT2D eigenvalue weighted by Gasteiger charge is 2.24. The molecule has 0 amide bonds. The predicted molar refractivity (Wildman–Crippen MR) is 95.1 cm³/mol. The van der Waals surface area contributed by atoms with Crippen LogP contribution in [0.2, 0.25) is 0 Å². The molecule has 6 nitrogen and oxygen atoms in total. The molecule has 0 saturated carbocycles. The van der Waals surface area contributed by atoms with E-state index in [1.54, 1.807) is 0 Å². The van der Waals surface area contributed by atoms with E-state index in [4.69, 9.17) is 9.72 Å². The van der Waals surface area contributed by atoms with Crippen LogP contribution >= 0.6 is 0 Å². The SMILES string of the molecule is CC(C)n1nccc1CN1CCO[C@@H](c2cccc(N(C)C)n2)C1. The van der Waals surface area contributed by atoms with Gasteiger partial charge in [-0.25, -0.2) is 4.98 Å². The molecule has 1 fully saturated rings. The minimum atomic E-state index is 0.0223. The van der Waals surface area contributed by atoms with Gasteiger partial charge in [0.15, 0.2) is 0 Å². The van der Waals surface area contributed by atoms with E-state index in [-0.39, 0.29) is 6.10 Å². The zero-order chi connectivity index (χ0) is 17.1. The molecule has 130 valence electrons. The van der Waals surface area contributed by atoms with Crippen LogP contribution in [0.25, 0.3) is 0 Å². The lowest BCUT2D eigenvalue weighted by molar-refractivity contribution is -0.0357. The highest BCUT2D eigenvalue weighted by atomic mass is 16.5. The minimum absolute atomic E-state index is 0.0223. The lowest BCUT2D eigenvalue weighted by Crippen LogP contribution is -2.38. The van der Waals surface area contributed by atoms with E-state index in [2.05, 4.69) is 40.7 Å². The zero-order valence-corrected chi connectivity index (χ0v) is 15.0. The molecule has 2 aromatic rings. The van der Waals surface area contributed by atoms with Crippen molar-refractivity contribution in [2.24, 2.45) is 0 Å². The Labute approximate surface area is 144 Å². The van der Waals surface area contributed by atoms with Gasteiger partial charge in [0.2, 0.25) is 0 Å². The second-order valence-electron chi connectivity index (χ2n) is 6.77. The number of anilines is 1. The Morgan fingerprint density at radius 1 is 1.29 bits per heavy atom. The summed E-state index contributed by atoms with van der Waals surface area (Å²) in [7, 11) is 4.01. The Hall–Kier alpha value is -1.92. The first-order valence-corrected chi connectivity index (χ1v) is 8.55. The normalized spacial score (nSPS) is 19.0. The first kappa shape index (κ1) is 16.9. The summed E-state index contributed by atoms with van der Waals surface area (Å²) in [6, 6.07) is 8.61. The van der Waals surface area contributed by atoms with Crippen LogP contribution in [0.1, 0.15) is 37.4 Å². The molecule has 0 bridgehead atoms. The van der Waals surface area contributed by atoms with E-state index < -0.39 is 0 Å². The van der Waals surface area contributed by atoms with Gasteiger partial charge in [0.25, 0.3) is 0 Å². The quantitative estimate of drug-likeness (QED) is 0.843. The van der Waals surface area contributed by atoms with Crippen LogP contribution in [0.15, 0.2) is 30.5 Å². The van der Waals surface area contributed by atoms with Crippen molar-refractivity contribution in [2.45, 2.75) is 32.5 Å². The molecule has 1 atom stereocenters. The standard InChI is InChI=1S/C18H27N5O/c1-14(2)23-15(8-9-19-23)12-22-10-11-24-17(13-22)16-6-5-7-18(20-16)21(3)4/h5-9,14,17H,10-13H2,1-4H3/t17-/m1/s1. The van der Waals surface area contributed by atoms with Gasteiger partial charge in [0, 0.05) is 46.0 Å². The van der Waals surface area contributed by atoms with Gasteiger partial charge in [-0.05, 0) is 32.0 Å². The summed E-state index contributed by atoms with van der Waals surface area (Å²) in [6.07, 6.45) is 1.91. The fourth-order valence-electron chi connectivity index (χ4n) is 3.05. The van der Waals surface area contributed by atoms with Crippen molar-refractivity contribution in [1.82, 2.24) is 19.7 Å². The van der Waals surface area contributed by atoms with E-state index >= 15 is 0 Å². The third-order valence-corrected chi connectivity index (χ3v) is 4.32. The van der Waals surface area contributed by atoms with E-state index in [1.807, 2.05) is 37.3 Å². The van der Waals surface area contributed by atoms with Crippen molar-refractivity contribution in [3.63, 3.8) is 0 Å². The van der Waals surface area contributed by atoms with E-state index in [9.17, 15) is 0 Å². The minimum Gasteiger partial charge on any atom is -0.369 e. The molecule has 1 saturated heterocycles. The first-order chi connectivity index (χ1) is 11.5. The van der Waals surface area contributed by atoms with Crippen molar-refractivity contribution in [1.29, 1.82) is 0 Å². The van der Waals surface area contributed by atoms with Gasteiger partial charge >= 0.3 is 0 Å². The van der Waals surface area contributed by atoms with Crippen molar-refractivity contribution in [3.8, 4) is 0 Å². The van der Waals surface area contributed by atoms with Gasteiger partial charge in [-0.1, -0.05) is 6.07 Å². The van der Waals surface area contributed by atoms with E-state index in [0.29, 0.717) is 6.04 Å². The third-order valence-electron chi connectivity index (χ3n) is 4.32. The number of aromatic nitrogens is 3. The summed E-state index contributed by atoms with van der Waals surface area (Å²) in [4.78, 5) is 9.17. The van der Waals surface area contributed by atoms with Gasteiger partial charge in [0.05, 0.1) is 18.0 Å². The maximum absolute atomic E-state index is 5.98. The topological polar surface area (TPSA) is 46.4 Å². The van der Waals surface area contributed by atoms with Crippen molar-refractivity contribution < 1.29 is 4.74 Å². The van der Waals surface area contributed by atoms with E-state index in [1.165, 1.54) is 5.69 Å². The number of morpholine rings is 1. The average Bonchev–Trinajstić information content (AvgIpc) is 3.03. The summed E-state index contributed by atoms with van der Waals surface area (Å²) in [6.45, 7) is 7.74. The van der Waals surface area contributed by atoms with Crippen molar-refractivity contribution in [2.75, 3.05) is 38.7 Å². The first-order valence-electron chi connectivity index (χ1n) is 8.55. The third kappa shape index (κ3) is 3.76. The van der Waals surface area contributed by atoms with Crippen molar-refractivity contribution >= 4 is 5.82 Å². The Morgan fingerprint density at radius 2 is 2.12 bits per heavy atom. The smallest absolute Gasteiger partial charge is 0.128 e. The number of ether oxygens (including phenoxy) is 1. The molecule has 0 spiro atoms. The summed E-state index contributed by atoms with van der Waals surface area (Å²) >= 11 is 0. The Kier molecular flexibility index (Phi) is 5.16. The van der Waals surface area contributed by atoms with Crippen LogP contribution in [-0.4, -0.2) is 53.5 Å². The molecular formula is C18H27N5O. The molecule has 2 aromatic heterocycles. The van der Waals surface area contributed by atoms with Crippen molar-refractivity contribution in [3.05, 3.63) is 41.9 Å². The number of hydrogen-bond donors (Lipinski definition) is 0. The monoisotopic (exact) mass is 329 g/mol. The maximum Gasteiger partial charge on any atom is 0.128 e. The maximum atomic E-state index is 5.98. The summed E-state index contributed by atoms with van der Waals surface area (Å²) < 4.78 is 8.07. The van der Waals surface area contributed by atoms with Crippen LogP contribution in [0.3, 0.4) is 0 Å². The van der Waals surface area contributed by atoms with Gasteiger partial charge in [0.1, 0.15) is 11.9 Å². The second-order valence-corrected chi connectivity index (χ2v) is 6.77. The van der Waals surface area contributed by atoms with Crippen LogP contribution in [0, 0.1) is 0 Å². The average molecular weight is 329 g/mol. The van der Waals surface area contributed by atoms with Crippen LogP contribution in [0.4, 0.5) is 5.82 Å². The summed E-state index contributed by atoms with van der Waals surface area (Å²) in [5.74, 6) is 0.964. The molecule has 1 aliphatic heterocycles. The number of nitrogens with zero attached hydrogens (tertiary/aromatic N) is 5. The summed E-state index contributed by atoms with van der Waals surface area (Å²) in [5, 5.41) is 4.43. The second kappa shape index (κ2) is 7.32. The van der Waals surface area contributed by atoms with Gasteiger partial charge in [-0.2, -0.15) is 5.10 Å². The predicted octanol–water partition coefficient (Wildman–Crippen LogP) is 2.50. The lowest BCUT2D eigenvalue weighted by Gasteiger charge is -2.33. The molecular weight excluding hydrogens is 302 g/mol. The number of pyridine rings is 1. The Bertz CT molecular complexity index is 667. The molecule has 0 aliphatic carbocycles. The van der Waals surface area contributed by atoms with Gasteiger partial charge in [-0.3, -0.25) is 9.58 Å². The molecule has 24 heavy (non-hydrogen) atoms. The molecule has 0 aromatic carbocycles. The van der Waals surface area contributed by atoms with E-state index in [0.717, 1.165) is 37.8 Å². The fourth-order valence-corrected chi connectivity index (χ4v) is 3.05. The number of rotatable bonds is 5. The largest absolute Gasteiger partial charge is 0.369 e. The Balaban J connectivity index is 1.70. The zero-order valence-electron chi connectivity index (χ0n) is 15.0. The van der Waals surface area contributed by atoms with Crippen LogP contribution < -0.4 is 4.90 Å². The Morgan fingerprint density at radius 3 is 2.88 bits per heavy atom. The molecule has 0 unspecified atom stereocenters. The molecule has 3 heterocycles. The van der Waals surface area contributed by atoms with Crippen LogP contribution in [0.5, 0.6) is 0 Å².